The van der Waals surface area contributed by atoms with E-state index in [2.05, 4.69) is 0 Å². The van der Waals surface area contributed by atoms with Crippen LogP contribution in [0.3, 0.4) is 0 Å². The maximum Gasteiger partial charge on any atom is 0.200 e. The van der Waals surface area contributed by atoms with Crippen molar-refractivity contribution in [1.82, 2.24) is 4.90 Å². The van der Waals surface area contributed by atoms with E-state index >= 15 is 0 Å². The van der Waals surface area contributed by atoms with Gasteiger partial charge in [-0.05, 0) is 14.1 Å². The highest BCUT2D eigenvalue weighted by Crippen LogP contribution is 2.23. The first-order chi connectivity index (χ1) is 7.77. The van der Waals surface area contributed by atoms with Crippen LogP contribution in [0.2, 0.25) is 0 Å². The molecule has 0 aliphatic heterocycles. The molecule has 0 heterocycles. The maximum absolute atomic E-state index is 13.1. The fraction of sp³-hybridized carbons (Fsp3) is 0.300. The van der Waals surface area contributed by atoms with Crippen LogP contribution in [-0.2, 0) is 0 Å². The van der Waals surface area contributed by atoms with Crippen LogP contribution >= 0.6 is 0 Å². The Morgan fingerprint density at radius 2 is 1.24 bits per heavy atom. The second-order valence-corrected chi connectivity index (χ2v) is 3.61. The van der Waals surface area contributed by atoms with Crippen molar-refractivity contribution >= 4 is 5.78 Å². The van der Waals surface area contributed by atoms with E-state index in [-0.39, 0.29) is 0 Å². The van der Waals surface area contributed by atoms with E-state index in [4.69, 9.17) is 0 Å². The van der Waals surface area contributed by atoms with Gasteiger partial charge in [-0.1, -0.05) is 0 Å². The number of hydrogen-bond donors (Lipinski definition) is 0. The van der Waals surface area contributed by atoms with Gasteiger partial charge in [-0.3, -0.25) is 4.79 Å². The highest BCUT2D eigenvalue weighted by atomic mass is 19.2. The summed E-state index contributed by atoms with van der Waals surface area (Å²) in [6.45, 7) is -0.460. The number of carbonyl (C=O) groups excluding carboxylic acids is 1. The number of rotatable bonds is 3. The number of ketones is 1. The normalized spacial score (nSPS) is 11.1. The van der Waals surface area contributed by atoms with Gasteiger partial charge in [0, 0.05) is 0 Å². The summed E-state index contributed by atoms with van der Waals surface area (Å²) in [6, 6.07) is 0. The Balaban J connectivity index is 3.39. The fourth-order valence-corrected chi connectivity index (χ4v) is 1.22. The molecule has 0 atom stereocenters. The van der Waals surface area contributed by atoms with E-state index < -0.39 is 47.0 Å². The SMILES string of the molecule is CN(C)CC(=O)c1c(F)c(F)c(F)c(F)c1F. The molecule has 0 bridgehead atoms. The lowest BCUT2D eigenvalue weighted by Crippen LogP contribution is -2.24. The van der Waals surface area contributed by atoms with Gasteiger partial charge < -0.3 is 4.90 Å². The molecule has 17 heavy (non-hydrogen) atoms. The van der Waals surface area contributed by atoms with Crippen LogP contribution in [0, 0.1) is 29.1 Å². The predicted octanol–water partition coefficient (Wildman–Crippen LogP) is 2.13. The molecule has 0 radical (unpaired) electrons. The van der Waals surface area contributed by atoms with Crippen LogP contribution in [0.4, 0.5) is 22.0 Å². The number of likely N-dealkylation sites (N-methyl/N-ethyl adjacent to an activating group) is 1. The van der Waals surface area contributed by atoms with Crippen LogP contribution < -0.4 is 0 Å². The van der Waals surface area contributed by atoms with Gasteiger partial charge in [-0.15, -0.1) is 0 Å². The van der Waals surface area contributed by atoms with Crippen molar-refractivity contribution in [3.8, 4) is 0 Å². The molecule has 0 amide bonds. The molecule has 0 N–H and O–H groups in total. The van der Waals surface area contributed by atoms with Gasteiger partial charge in [0.05, 0.1) is 12.1 Å². The third-order valence-electron chi connectivity index (χ3n) is 1.95. The van der Waals surface area contributed by atoms with E-state index in [9.17, 15) is 26.7 Å². The largest absolute Gasteiger partial charge is 0.302 e. The number of Topliss-reactive ketones (excluding diaryl/α,β-unsaturated/α-hetero) is 1. The summed E-state index contributed by atoms with van der Waals surface area (Å²) in [7, 11) is 2.84. The van der Waals surface area contributed by atoms with Gasteiger partial charge in [-0.25, -0.2) is 22.0 Å². The Labute approximate surface area is 93.6 Å². The Bertz CT molecular complexity index is 443. The highest BCUT2D eigenvalue weighted by Gasteiger charge is 2.29. The summed E-state index contributed by atoms with van der Waals surface area (Å²) in [5.41, 5.74) is -1.41. The van der Waals surface area contributed by atoms with Crippen molar-refractivity contribution in [3.63, 3.8) is 0 Å². The molecule has 0 spiro atoms. The first-order valence-electron chi connectivity index (χ1n) is 4.46. The molecule has 1 aromatic rings. The molecular weight excluding hydrogens is 245 g/mol. The van der Waals surface area contributed by atoms with Gasteiger partial charge in [0.25, 0.3) is 0 Å². The molecule has 0 aromatic heterocycles. The lowest BCUT2D eigenvalue weighted by atomic mass is 10.1. The van der Waals surface area contributed by atoms with E-state index in [0.717, 1.165) is 0 Å². The molecule has 2 nitrogen and oxygen atoms in total. The number of hydrogen-bond acceptors (Lipinski definition) is 2. The first-order valence-corrected chi connectivity index (χ1v) is 4.46. The summed E-state index contributed by atoms with van der Waals surface area (Å²) >= 11 is 0. The van der Waals surface area contributed by atoms with Crippen LogP contribution in [0.15, 0.2) is 0 Å². The fourth-order valence-electron chi connectivity index (χ4n) is 1.22. The summed E-state index contributed by atoms with van der Waals surface area (Å²) < 4.78 is 64.5. The van der Waals surface area contributed by atoms with Crippen molar-refractivity contribution in [2.45, 2.75) is 0 Å². The Kier molecular flexibility index (Phi) is 3.82. The van der Waals surface area contributed by atoms with Crippen molar-refractivity contribution in [2.24, 2.45) is 0 Å². The average molecular weight is 253 g/mol. The molecule has 94 valence electrons. The Hall–Kier alpha value is -1.50. The summed E-state index contributed by atoms with van der Waals surface area (Å²) in [6.07, 6.45) is 0. The minimum atomic E-state index is -2.28. The number of nitrogens with zero attached hydrogens (tertiary/aromatic N) is 1. The van der Waals surface area contributed by atoms with Crippen LogP contribution in [-0.4, -0.2) is 31.3 Å². The number of halogens is 5. The Morgan fingerprint density at radius 3 is 1.59 bits per heavy atom. The summed E-state index contributed by atoms with van der Waals surface area (Å²) in [5.74, 6) is -11.9. The maximum atomic E-state index is 13.1. The highest BCUT2D eigenvalue weighted by molar-refractivity contribution is 5.98. The van der Waals surface area contributed by atoms with Crippen LogP contribution in [0.1, 0.15) is 10.4 Å². The van der Waals surface area contributed by atoms with Crippen molar-refractivity contribution in [1.29, 1.82) is 0 Å². The second-order valence-electron chi connectivity index (χ2n) is 3.61. The molecule has 1 aromatic carbocycles. The number of benzene rings is 1. The zero-order valence-electron chi connectivity index (χ0n) is 8.95. The smallest absolute Gasteiger partial charge is 0.200 e. The molecule has 0 saturated heterocycles. The third-order valence-corrected chi connectivity index (χ3v) is 1.95. The summed E-state index contributed by atoms with van der Waals surface area (Å²) in [4.78, 5) is 12.6. The predicted molar refractivity (Wildman–Crippen MR) is 49.1 cm³/mol. The molecule has 0 fully saturated rings. The van der Waals surface area contributed by atoms with Crippen molar-refractivity contribution < 1.29 is 26.7 Å². The average Bonchev–Trinajstić information content (AvgIpc) is 2.23. The van der Waals surface area contributed by atoms with Crippen LogP contribution in [0.25, 0.3) is 0 Å². The van der Waals surface area contributed by atoms with Gasteiger partial charge in [0.15, 0.2) is 29.1 Å². The van der Waals surface area contributed by atoms with E-state index in [1.54, 1.807) is 0 Å². The van der Waals surface area contributed by atoms with E-state index in [1.165, 1.54) is 19.0 Å². The minimum absolute atomic E-state index is 0.460. The third kappa shape index (κ3) is 2.44. The van der Waals surface area contributed by atoms with Gasteiger partial charge in [0.2, 0.25) is 5.82 Å². The molecule has 7 heteroatoms. The zero-order valence-corrected chi connectivity index (χ0v) is 8.95. The van der Waals surface area contributed by atoms with E-state index in [0.29, 0.717) is 0 Å². The molecule has 0 saturated carbocycles. The molecular formula is C10H8F5NO. The van der Waals surface area contributed by atoms with Crippen molar-refractivity contribution in [3.05, 3.63) is 34.6 Å². The zero-order chi connectivity index (χ0) is 13.3. The minimum Gasteiger partial charge on any atom is -0.302 e. The standard InChI is InChI=1S/C10H8F5NO/c1-16(2)3-4(17)5-6(11)8(13)10(15)9(14)7(5)12/h3H2,1-2H3. The summed E-state index contributed by atoms with van der Waals surface area (Å²) in [5, 5.41) is 0. The lowest BCUT2D eigenvalue weighted by Gasteiger charge is -2.10. The monoisotopic (exact) mass is 253 g/mol. The quantitative estimate of drug-likeness (QED) is 0.356. The van der Waals surface area contributed by atoms with Crippen LogP contribution in [0.5, 0.6) is 0 Å². The topological polar surface area (TPSA) is 20.3 Å². The van der Waals surface area contributed by atoms with E-state index in [1.807, 2.05) is 0 Å². The second kappa shape index (κ2) is 4.79. The Morgan fingerprint density at radius 1 is 0.882 bits per heavy atom. The molecule has 0 unspecified atom stereocenters. The van der Waals surface area contributed by atoms with Gasteiger partial charge in [0.1, 0.15) is 0 Å². The van der Waals surface area contributed by atoms with Crippen molar-refractivity contribution in [2.75, 3.05) is 20.6 Å². The molecule has 0 aliphatic carbocycles. The molecule has 1 rings (SSSR count). The number of carbonyl (C=O) groups is 1. The van der Waals surface area contributed by atoms with Gasteiger partial charge >= 0.3 is 0 Å². The molecule has 0 aliphatic rings. The first kappa shape index (κ1) is 13.6. The van der Waals surface area contributed by atoms with Gasteiger partial charge in [-0.2, -0.15) is 0 Å². The lowest BCUT2D eigenvalue weighted by molar-refractivity contribution is 0.0946.